The fraction of sp³-hybridized carbons (Fsp3) is 0.0476. The molecule has 1 aliphatic rings. The molecule has 0 bridgehead atoms. The number of benzene rings is 5. The number of aromatic nitrogens is 3. The van der Waals surface area contributed by atoms with Gasteiger partial charge < -0.3 is 4.57 Å². The summed E-state index contributed by atoms with van der Waals surface area (Å²) in [5.41, 5.74) is 10.6. The first-order chi connectivity index (χ1) is 23.2. The number of nitrogens with zero attached hydrogens (tertiary/aromatic N) is 4. The number of hydrogen-bond acceptors (Lipinski definition) is 3. The number of hydrogen-bond donors (Lipinski definition) is 0. The zero-order valence-corrected chi connectivity index (χ0v) is 25.5. The van der Waals surface area contributed by atoms with Crippen molar-refractivity contribution in [3.05, 3.63) is 180 Å². The van der Waals surface area contributed by atoms with E-state index in [4.69, 9.17) is 4.98 Å². The molecular weight excluding hydrogens is 579 g/mol. The van der Waals surface area contributed by atoms with Crippen LogP contribution in [0.15, 0.2) is 158 Å². The summed E-state index contributed by atoms with van der Waals surface area (Å²) in [6, 6.07) is 48.9. The van der Waals surface area contributed by atoms with Crippen LogP contribution in [0.2, 0.25) is 0 Å². The maximum Gasteiger partial charge on any atom is 0.150 e. The molecule has 1 atom stereocenters. The zero-order valence-electron chi connectivity index (χ0n) is 25.5. The van der Waals surface area contributed by atoms with Crippen LogP contribution in [0, 0.1) is 0 Å². The van der Waals surface area contributed by atoms with Crippen LogP contribution >= 0.6 is 0 Å². The molecule has 8 aromatic rings. The Bertz CT molecular complexity index is 2420. The van der Waals surface area contributed by atoms with Gasteiger partial charge in [-0.2, -0.15) is 0 Å². The van der Waals surface area contributed by atoms with Crippen molar-refractivity contribution >= 4 is 39.0 Å². The van der Waals surface area contributed by atoms with Gasteiger partial charge >= 0.3 is 0 Å². The molecule has 0 N–H and O–H groups in total. The van der Waals surface area contributed by atoms with Gasteiger partial charge in [-0.05, 0) is 77.4 Å². The highest BCUT2D eigenvalue weighted by molar-refractivity contribution is 6.12. The Morgan fingerprint density at radius 1 is 0.596 bits per heavy atom. The molecule has 5 heteroatoms. The SMILES string of the molecule is FC(c1cccc(-c2ccccn2)c1)c1cccc(N2c3ccc4c5ccccc5n(-c5ccccc5)c4c3Cc3cccnc32)c1. The number of pyridine rings is 2. The standard InChI is InChI=1S/C42H29FN4/c43-40(29-12-8-11-28(25-29)37-19-6-7-23-44-37)30-13-9-17-33(26-30)47-39-22-21-35-34-18-4-5-20-38(34)46(32-15-2-1-3-16-32)41(35)36(39)27-31-14-10-24-45-42(31)47/h1-26,40H,27H2. The van der Waals surface area contributed by atoms with Gasteiger partial charge in [0.05, 0.1) is 22.4 Å². The van der Waals surface area contributed by atoms with Crippen molar-refractivity contribution < 1.29 is 4.39 Å². The third-order valence-electron chi connectivity index (χ3n) is 9.18. The Balaban J connectivity index is 1.21. The largest absolute Gasteiger partial charge is 0.309 e. The molecule has 1 unspecified atom stereocenters. The molecule has 9 rings (SSSR count). The fourth-order valence-electron chi connectivity index (χ4n) is 7.08. The van der Waals surface area contributed by atoms with Crippen molar-refractivity contribution in [2.24, 2.45) is 0 Å². The van der Waals surface area contributed by atoms with E-state index in [0.29, 0.717) is 11.1 Å². The van der Waals surface area contributed by atoms with Crippen LogP contribution in [0.25, 0.3) is 38.8 Å². The first-order valence-electron chi connectivity index (χ1n) is 15.8. The molecular formula is C42H29FN4. The monoisotopic (exact) mass is 608 g/mol. The Hall–Kier alpha value is -6.07. The first kappa shape index (κ1) is 27.3. The molecule has 0 saturated carbocycles. The molecule has 0 saturated heterocycles. The van der Waals surface area contributed by atoms with E-state index in [0.717, 1.165) is 46.1 Å². The highest BCUT2D eigenvalue weighted by Crippen LogP contribution is 2.48. The molecule has 0 radical (unpaired) electrons. The first-order valence-corrected chi connectivity index (χ1v) is 15.8. The molecule has 0 spiro atoms. The summed E-state index contributed by atoms with van der Waals surface area (Å²) in [4.78, 5) is 11.5. The van der Waals surface area contributed by atoms with Crippen LogP contribution < -0.4 is 4.90 Å². The summed E-state index contributed by atoms with van der Waals surface area (Å²) in [5.74, 6) is 0.867. The van der Waals surface area contributed by atoms with Crippen LogP contribution in [0.4, 0.5) is 21.6 Å². The lowest BCUT2D eigenvalue weighted by atomic mass is 9.94. The van der Waals surface area contributed by atoms with E-state index in [1.807, 2.05) is 79.0 Å². The molecule has 4 nitrogen and oxygen atoms in total. The second-order valence-electron chi connectivity index (χ2n) is 11.9. The van der Waals surface area contributed by atoms with Crippen LogP contribution in [0.1, 0.15) is 28.4 Å². The van der Waals surface area contributed by atoms with E-state index < -0.39 is 6.17 Å². The van der Waals surface area contributed by atoms with Crippen molar-refractivity contribution in [2.45, 2.75) is 12.6 Å². The van der Waals surface area contributed by atoms with Gasteiger partial charge in [0.1, 0.15) is 5.82 Å². The molecule has 5 aromatic carbocycles. The van der Waals surface area contributed by atoms with Crippen molar-refractivity contribution in [1.29, 1.82) is 0 Å². The average Bonchev–Trinajstić information content (AvgIpc) is 3.49. The number of fused-ring (bicyclic) bond motifs is 6. The van der Waals surface area contributed by atoms with Crippen molar-refractivity contribution in [2.75, 3.05) is 4.90 Å². The van der Waals surface area contributed by atoms with Gasteiger partial charge in [0.2, 0.25) is 0 Å². The van der Waals surface area contributed by atoms with Crippen LogP contribution in [-0.2, 0) is 6.42 Å². The topological polar surface area (TPSA) is 34.0 Å². The van der Waals surface area contributed by atoms with Gasteiger partial charge in [-0.3, -0.25) is 9.88 Å². The highest BCUT2D eigenvalue weighted by atomic mass is 19.1. The quantitative estimate of drug-likeness (QED) is 0.195. The molecule has 0 aliphatic carbocycles. The molecule has 1 aliphatic heterocycles. The van der Waals surface area contributed by atoms with Crippen molar-refractivity contribution in [3.8, 4) is 16.9 Å². The van der Waals surface area contributed by atoms with Crippen LogP contribution in [-0.4, -0.2) is 14.5 Å². The minimum atomic E-state index is -1.31. The Labute approximate surface area is 272 Å². The predicted octanol–water partition coefficient (Wildman–Crippen LogP) is 10.7. The predicted molar refractivity (Wildman–Crippen MR) is 189 cm³/mol. The van der Waals surface area contributed by atoms with Crippen molar-refractivity contribution in [3.63, 3.8) is 0 Å². The van der Waals surface area contributed by atoms with Crippen LogP contribution in [0.3, 0.4) is 0 Å². The molecule has 47 heavy (non-hydrogen) atoms. The van der Waals surface area contributed by atoms with E-state index in [-0.39, 0.29) is 0 Å². The lowest BCUT2D eigenvalue weighted by molar-refractivity contribution is 0.402. The number of rotatable bonds is 5. The second-order valence-corrected chi connectivity index (χ2v) is 11.9. The van der Waals surface area contributed by atoms with E-state index in [2.05, 4.69) is 87.2 Å². The maximum absolute atomic E-state index is 16.4. The highest BCUT2D eigenvalue weighted by Gasteiger charge is 2.29. The van der Waals surface area contributed by atoms with Gasteiger partial charge in [0.15, 0.2) is 6.17 Å². The third-order valence-corrected chi connectivity index (χ3v) is 9.18. The van der Waals surface area contributed by atoms with Gasteiger partial charge in [0.25, 0.3) is 0 Å². The van der Waals surface area contributed by atoms with Crippen molar-refractivity contribution in [1.82, 2.24) is 14.5 Å². The van der Waals surface area contributed by atoms with Gasteiger partial charge in [-0.1, -0.05) is 84.9 Å². The van der Waals surface area contributed by atoms with E-state index in [1.54, 1.807) is 6.20 Å². The van der Waals surface area contributed by atoms with Gasteiger partial charge in [0, 0.05) is 52.1 Å². The second kappa shape index (κ2) is 11.1. The lowest BCUT2D eigenvalue weighted by Crippen LogP contribution is -2.20. The van der Waals surface area contributed by atoms with E-state index in [9.17, 15) is 0 Å². The number of alkyl halides is 1. The third kappa shape index (κ3) is 4.50. The number of halogens is 1. The average molecular weight is 609 g/mol. The summed E-state index contributed by atoms with van der Waals surface area (Å²) < 4.78 is 18.8. The Morgan fingerprint density at radius 3 is 2.23 bits per heavy atom. The molecule has 3 aromatic heterocycles. The summed E-state index contributed by atoms with van der Waals surface area (Å²) in [7, 11) is 0. The van der Waals surface area contributed by atoms with Gasteiger partial charge in [-0.25, -0.2) is 9.37 Å². The fourth-order valence-corrected chi connectivity index (χ4v) is 7.08. The van der Waals surface area contributed by atoms with E-state index >= 15 is 4.39 Å². The molecule has 4 heterocycles. The molecule has 0 fully saturated rings. The van der Waals surface area contributed by atoms with Gasteiger partial charge in [-0.15, -0.1) is 0 Å². The van der Waals surface area contributed by atoms with E-state index in [1.165, 1.54) is 27.4 Å². The zero-order chi connectivity index (χ0) is 31.3. The summed E-state index contributed by atoms with van der Waals surface area (Å²) in [6.07, 6.45) is 3.02. The molecule has 0 amide bonds. The minimum Gasteiger partial charge on any atom is -0.309 e. The lowest BCUT2D eigenvalue weighted by Gasteiger charge is -2.33. The van der Waals surface area contributed by atoms with Crippen LogP contribution in [0.5, 0.6) is 0 Å². The Kier molecular flexibility index (Phi) is 6.42. The smallest absolute Gasteiger partial charge is 0.150 e. The Morgan fingerprint density at radius 2 is 1.36 bits per heavy atom. The normalized spacial score (nSPS) is 13.0. The summed E-state index contributed by atoms with van der Waals surface area (Å²) >= 11 is 0. The number of anilines is 3. The number of para-hydroxylation sites is 2. The summed E-state index contributed by atoms with van der Waals surface area (Å²) in [5, 5.41) is 2.42. The summed E-state index contributed by atoms with van der Waals surface area (Å²) in [6.45, 7) is 0. The minimum absolute atomic E-state index is 0.588. The molecule has 224 valence electrons. The maximum atomic E-state index is 16.4.